The predicted octanol–water partition coefficient (Wildman–Crippen LogP) is 6.34. The lowest BCUT2D eigenvalue weighted by atomic mass is 9.86. The van der Waals surface area contributed by atoms with Crippen LogP contribution in [0.15, 0.2) is 42.5 Å². The zero-order valence-corrected chi connectivity index (χ0v) is 28.9. The maximum Gasteiger partial charge on any atom is 0.416 e. The molecule has 0 aromatic heterocycles. The topological polar surface area (TPSA) is 71.6 Å². The molecule has 268 valence electrons. The highest BCUT2D eigenvalue weighted by Crippen LogP contribution is 2.44. The van der Waals surface area contributed by atoms with Gasteiger partial charge in [-0.05, 0) is 61.1 Å². The molecule has 6 rings (SSSR count). The summed E-state index contributed by atoms with van der Waals surface area (Å²) in [5, 5.41) is 0. The highest BCUT2D eigenvalue weighted by Gasteiger charge is 2.46. The molecule has 4 atom stereocenters. The number of esters is 1. The minimum absolute atomic E-state index is 0.0398. The number of hydrogen-bond donors (Lipinski definition) is 0. The van der Waals surface area contributed by atoms with Crippen molar-refractivity contribution in [1.82, 2.24) is 9.80 Å². The summed E-state index contributed by atoms with van der Waals surface area (Å²) in [5.74, 6) is -0.122. The number of piperidine rings is 1. The van der Waals surface area contributed by atoms with Crippen LogP contribution in [-0.4, -0.2) is 94.9 Å². The Kier molecular flexibility index (Phi) is 11.1. The summed E-state index contributed by atoms with van der Waals surface area (Å²) in [6, 6.07) is 12.6. The number of alkyl halides is 3. The smallest absolute Gasteiger partial charge is 0.416 e. The van der Waals surface area contributed by atoms with E-state index in [0.717, 1.165) is 42.3 Å². The monoisotopic (exact) mass is 685 g/mol. The number of benzene rings is 2. The number of carbonyl (C=O) groups is 2. The molecule has 4 fully saturated rings. The highest BCUT2D eigenvalue weighted by atomic mass is 19.4. The number of ether oxygens (including phenoxy) is 3. The first-order chi connectivity index (χ1) is 23.6. The predicted molar refractivity (Wildman–Crippen MR) is 181 cm³/mol. The Morgan fingerprint density at radius 3 is 2.18 bits per heavy atom. The molecular weight excluding hydrogens is 635 g/mol. The second-order valence-electron chi connectivity index (χ2n) is 14.4. The molecule has 2 aromatic rings. The van der Waals surface area contributed by atoms with Crippen molar-refractivity contribution in [2.24, 2.45) is 17.8 Å². The molecule has 2 aromatic carbocycles. The molecule has 49 heavy (non-hydrogen) atoms. The standard InChI is InChI=1S/C38H50F3N3O5/c1-47-24-27-20-44(36(45)34-23-43(29-7-5-4-6-8-29)21-32(34)25-9-12-30(48-2)13-10-25)22-33(27)31-14-11-28(38(39,40)41)19-35(31)42-17-15-26(16-18-42)37(46)49-3/h9-14,19,26-27,29,32-34H,4-8,15-18,20-24H2,1-3H3/t27-,32+,33+,34-/m1/s1. The molecule has 1 aliphatic carbocycles. The first-order valence-electron chi connectivity index (χ1n) is 17.8. The molecule has 0 bridgehead atoms. The van der Waals surface area contributed by atoms with Crippen molar-refractivity contribution in [2.75, 3.05) is 72.1 Å². The number of amides is 1. The van der Waals surface area contributed by atoms with Crippen molar-refractivity contribution < 1.29 is 37.0 Å². The first kappa shape index (κ1) is 35.5. The average Bonchev–Trinajstić information content (AvgIpc) is 3.76. The van der Waals surface area contributed by atoms with Crippen LogP contribution in [0.5, 0.6) is 5.75 Å². The molecular formula is C38H50F3N3O5. The van der Waals surface area contributed by atoms with Gasteiger partial charge < -0.3 is 24.0 Å². The number of methoxy groups -OCH3 is 3. The van der Waals surface area contributed by atoms with E-state index in [-0.39, 0.29) is 41.5 Å². The molecule has 3 saturated heterocycles. The number of halogens is 3. The molecule has 8 nitrogen and oxygen atoms in total. The van der Waals surface area contributed by atoms with Crippen LogP contribution < -0.4 is 9.64 Å². The highest BCUT2D eigenvalue weighted by molar-refractivity contribution is 5.81. The third-order valence-electron chi connectivity index (χ3n) is 11.6. The van der Waals surface area contributed by atoms with Crippen LogP contribution in [0.2, 0.25) is 0 Å². The lowest BCUT2D eigenvalue weighted by molar-refractivity contribution is -0.146. The van der Waals surface area contributed by atoms with Gasteiger partial charge in [0.2, 0.25) is 5.91 Å². The van der Waals surface area contributed by atoms with Gasteiger partial charge in [0.05, 0.1) is 38.2 Å². The molecule has 3 aliphatic heterocycles. The molecule has 0 spiro atoms. The van der Waals surface area contributed by atoms with Crippen LogP contribution in [0.3, 0.4) is 0 Å². The summed E-state index contributed by atoms with van der Waals surface area (Å²) in [6.07, 6.45) is 2.53. The Hall–Kier alpha value is -3.31. The fourth-order valence-corrected chi connectivity index (χ4v) is 8.87. The van der Waals surface area contributed by atoms with Crippen LogP contribution in [0, 0.1) is 17.8 Å². The lowest BCUT2D eigenvalue weighted by Gasteiger charge is -2.35. The van der Waals surface area contributed by atoms with E-state index in [4.69, 9.17) is 14.2 Å². The van der Waals surface area contributed by atoms with Gasteiger partial charge in [0.25, 0.3) is 0 Å². The molecule has 11 heteroatoms. The van der Waals surface area contributed by atoms with Gasteiger partial charge in [0.1, 0.15) is 5.75 Å². The minimum Gasteiger partial charge on any atom is -0.497 e. The van der Waals surface area contributed by atoms with Crippen LogP contribution >= 0.6 is 0 Å². The van der Waals surface area contributed by atoms with Crippen molar-refractivity contribution in [3.8, 4) is 5.75 Å². The molecule has 4 aliphatic rings. The maximum atomic E-state index is 14.6. The fraction of sp³-hybridized carbons (Fsp3) is 0.632. The normalized spacial score (nSPS) is 25.9. The lowest BCUT2D eigenvalue weighted by Crippen LogP contribution is -2.39. The number of hydrogen-bond acceptors (Lipinski definition) is 7. The molecule has 3 heterocycles. The molecule has 0 unspecified atom stereocenters. The summed E-state index contributed by atoms with van der Waals surface area (Å²) in [5.41, 5.74) is 1.75. The first-order valence-corrected chi connectivity index (χ1v) is 17.8. The van der Waals surface area contributed by atoms with E-state index < -0.39 is 11.7 Å². The van der Waals surface area contributed by atoms with E-state index in [0.29, 0.717) is 63.9 Å². The molecule has 1 amide bonds. The summed E-state index contributed by atoms with van der Waals surface area (Å²) < 4.78 is 58.1. The van der Waals surface area contributed by atoms with E-state index in [9.17, 15) is 22.8 Å². The quantitative estimate of drug-likeness (QED) is 0.286. The van der Waals surface area contributed by atoms with Crippen LogP contribution in [0.1, 0.15) is 73.5 Å². The van der Waals surface area contributed by atoms with Crippen molar-refractivity contribution >= 4 is 17.6 Å². The zero-order valence-electron chi connectivity index (χ0n) is 28.9. The number of rotatable bonds is 9. The second-order valence-corrected chi connectivity index (χ2v) is 14.4. The van der Waals surface area contributed by atoms with Crippen LogP contribution in [-0.2, 0) is 25.2 Å². The number of nitrogens with zero attached hydrogens (tertiary/aromatic N) is 3. The van der Waals surface area contributed by atoms with Gasteiger partial charge in [-0.2, -0.15) is 13.2 Å². The number of carbonyl (C=O) groups excluding carboxylic acids is 2. The van der Waals surface area contributed by atoms with E-state index in [1.807, 2.05) is 21.9 Å². The SMILES string of the molecule is COC[C@H]1CN(C(=O)[C@@H]2CN(C3CCCCC3)C[C@H]2c2ccc(OC)cc2)C[C@@H]1c1ccc(C(F)(F)F)cc1N1CCC(C(=O)OC)CC1. The van der Waals surface area contributed by atoms with Crippen molar-refractivity contribution in [3.63, 3.8) is 0 Å². The Labute approximate surface area is 287 Å². The van der Waals surface area contributed by atoms with Gasteiger partial charge in [-0.15, -0.1) is 0 Å². The van der Waals surface area contributed by atoms with Gasteiger partial charge >= 0.3 is 12.1 Å². The summed E-state index contributed by atoms with van der Waals surface area (Å²) in [6.45, 7) is 3.71. The van der Waals surface area contributed by atoms with Gasteiger partial charge in [0.15, 0.2) is 0 Å². The third-order valence-corrected chi connectivity index (χ3v) is 11.6. The van der Waals surface area contributed by atoms with E-state index in [1.54, 1.807) is 20.3 Å². The Balaban J connectivity index is 1.28. The molecule has 0 radical (unpaired) electrons. The fourth-order valence-electron chi connectivity index (χ4n) is 8.87. The van der Waals surface area contributed by atoms with Gasteiger partial charge in [-0.1, -0.05) is 37.5 Å². The van der Waals surface area contributed by atoms with E-state index in [1.165, 1.54) is 32.4 Å². The van der Waals surface area contributed by atoms with Gasteiger partial charge in [-0.3, -0.25) is 14.5 Å². The van der Waals surface area contributed by atoms with Crippen molar-refractivity contribution in [1.29, 1.82) is 0 Å². The maximum absolute atomic E-state index is 14.6. The van der Waals surface area contributed by atoms with Gasteiger partial charge in [0, 0.05) is 75.9 Å². The third kappa shape index (κ3) is 7.72. The van der Waals surface area contributed by atoms with Crippen LogP contribution in [0.25, 0.3) is 0 Å². The largest absolute Gasteiger partial charge is 0.497 e. The Morgan fingerprint density at radius 2 is 1.55 bits per heavy atom. The second kappa shape index (κ2) is 15.3. The number of likely N-dealkylation sites (tertiary alicyclic amines) is 2. The van der Waals surface area contributed by atoms with Crippen LogP contribution in [0.4, 0.5) is 18.9 Å². The summed E-state index contributed by atoms with van der Waals surface area (Å²) >= 11 is 0. The molecule has 1 saturated carbocycles. The van der Waals surface area contributed by atoms with E-state index >= 15 is 0 Å². The number of anilines is 1. The molecule has 0 N–H and O–H groups in total. The summed E-state index contributed by atoms with van der Waals surface area (Å²) in [7, 11) is 4.64. The average molecular weight is 686 g/mol. The Bertz CT molecular complexity index is 1440. The summed E-state index contributed by atoms with van der Waals surface area (Å²) in [4.78, 5) is 33.3. The van der Waals surface area contributed by atoms with Crippen molar-refractivity contribution in [2.45, 2.75) is 69.0 Å². The minimum atomic E-state index is -4.50. The van der Waals surface area contributed by atoms with E-state index in [2.05, 4.69) is 17.0 Å². The van der Waals surface area contributed by atoms with Crippen molar-refractivity contribution in [3.05, 3.63) is 59.2 Å². The Morgan fingerprint density at radius 1 is 0.837 bits per heavy atom. The van der Waals surface area contributed by atoms with Gasteiger partial charge in [-0.25, -0.2) is 0 Å². The zero-order chi connectivity index (χ0) is 34.7.